The Hall–Kier alpha value is -3.94. The Morgan fingerprint density at radius 1 is 0.742 bits per heavy atom. The molecule has 3 aromatic rings. The van der Waals surface area contributed by atoms with E-state index in [1.54, 1.807) is 36.4 Å². The van der Waals surface area contributed by atoms with Crippen molar-refractivity contribution >= 4 is 29.1 Å². The van der Waals surface area contributed by atoms with Crippen LogP contribution < -0.4 is 20.9 Å². The molecule has 0 heterocycles. The largest absolute Gasteiger partial charge is 0.338 e. The van der Waals surface area contributed by atoms with Crippen LogP contribution in [0.15, 0.2) is 78.9 Å². The number of carbonyl (C=O) groups excluding carboxylic acids is 2. The molecule has 3 rings (SSSR count). The van der Waals surface area contributed by atoms with Gasteiger partial charge in [-0.25, -0.2) is 18.4 Å². The summed E-state index contributed by atoms with van der Waals surface area (Å²) in [4.78, 5) is 26.2. The van der Waals surface area contributed by atoms with Crippen LogP contribution in [-0.4, -0.2) is 25.2 Å². The first kappa shape index (κ1) is 21.8. The molecule has 3 aromatic carbocycles. The molecule has 0 bridgehead atoms. The van der Waals surface area contributed by atoms with Crippen molar-refractivity contribution < 1.29 is 18.4 Å². The zero-order valence-electron chi connectivity index (χ0n) is 16.6. The van der Waals surface area contributed by atoms with Crippen molar-refractivity contribution in [2.24, 2.45) is 0 Å². The van der Waals surface area contributed by atoms with E-state index in [-0.39, 0.29) is 24.5 Å². The van der Waals surface area contributed by atoms with Gasteiger partial charge < -0.3 is 16.0 Å². The monoisotopic (exact) mass is 424 g/mol. The van der Waals surface area contributed by atoms with E-state index >= 15 is 0 Å². The number of rotatable bonds is 7. The van der Waals surface area contributed by atoms with Crippen LogP contribution in [0.2, 0.25) is 0 Å². The fourth-order valence-corrected chi connectivity index (χ4v) is 2.87. The van der Waals surface area contributed by atoms with Gasteiger partial charge in [0.1, 0.15) is 11.6 Å². The number of hydrogen-bond acceptors (Lipinski definition) is 2. The van der Waals surface area contributed by atoms with Gasteiger partial charge in [0, 0.05) is 18.8 Å². The summed E-state index contributed by atoms with van der Waals surface area (Å²) in [6, 6.07) is 19.7. The first-order valence-corrected chi connectivity index (χ1v) is 9.72. The molecule has 0 aliphatic rings. The second kappa shape index (κ2) is 10.7. The number of urea groups is 2. The van der Waals surface area contributed by atoms with Crippen molar-refractivity contribution in [2.45, 2.75) is 6.42 Å². The summed E-state index contributed by atoms with van der Waals surface area (Å²) in [5, 5.41) is 7.63. The fourth-order valence-electron chi connectivity index (χ4n) is 2.87. The Labute approximate surface area is 178 Å². The van der Waals surface area contributed by atoms with Crippen molar-refractivity contribution in [1.82, 2.24) is 5.32 Å². The Morgan fingerprint density at radius 3 is 1.90 bits per heavy atom. The lowest BCUT2D eigenvalue weighted by molar-refractivity contribution is 0.252. The number of nitrogens with one attached hydrogen (secondary N) is 3. The maximum atomic E-state index is 13.9. The van der Waals surface area contributed by atoms with Gasteiger partial charge in [0.05, 0.1) is 11.4 Å². The van der Waals surface area contributed by atoms with E-state index in [0.717, 1.165) is 0 Å². The molecule has 0 fully saturated rings. The minimum absolute atomic E-state index is 0.0789. The van der Waals surface area contributed by atoms with Gasteiger partial charge in [0.2, 0.25) is 0 Å². The van der Waals surface area contributed by atoms with E-state index in [1.807, 2.05) is 6.07 Å². The molecule has 0 aliphatic heterocycles. The van der Waals surface area contributed by atoms with Crippen molar-refractivity contribution in [3.63, 3.8) is 0 Å². The number of halogens is 2. The highest BCUT2D eigenvalue weighted by atomic mass is 19.1. The quantitative estimate of drug-likeness (QED) is 0.455. The molecule has 3 N–H and O–H groups in total. The number of nitrogens with zero attached hydrogens (tertiary/aromatic N) is 1. The molecular formula is C23H22F2N4O2. The first-order valence-electron chi connectivity index (χ1n) is 9.72. The normalized spacial score (nSPS) is 10.3. The smallest absolute Gasteiger partial charge is 0.326 e. The molecule has 0 spiro atoms. The molecule has 0 unspecified atom stereocenters. The Balaban J connectivity index is 1.57. The molecule has 0 saturated heterocycles. The maximum Gasteiger partial charge on any atom is 0.326 e. The molecule has 31 heavy (non-hydrogen) atoms. The fraction of sp³-hybridized carbons (Fsp3) is 0.130. The SMILES string of the molecule is O=C(NCCCN(C(=O)Nc1ccccc1F)c1ccccc1)Nc1ccccc1F. The summed E-state index contributed by atoms with van der Waals surface area (Å²) >= 11 is 0. The van der Waals surface area contributed by atoms with Gasteiger partial charge in [-0.15, -0.1) is 0 Å². The second-order valence-electron chi connectivity index (χ2n) is 6.61. The Kier molecular flexibility index (Phi) is 7.53. The van der Waals surface area contributed by atoms with Crippen molar-refractivity contribution in [1.29, 1.82) is 0 Å². The van der Waals surface area contributed by atoms with Crippen molar-refractivity contribution in [3.05, 3.63) is 90.5 Å². The summed E-state index contributed by atoms with van der Waals surface area (Å²) < 4.78 is 27.5. The van der Waals surface area contributed by atoms with Crippen LogP contribution in [-0.2, 0) is 0 Å². The standard InChI is InChI=1S/C23H22F2N4O2/c24-18-11-4-6-13-20(18)27-22(30)26-15-8-16-29(17-9-2-1-3-10-17)23(31)28-21-14-7-5-12-19(21)25/h1-7,9-14H,8,15-16H2,(H,28,31)(H2,26,27,30). The third kappa shape index (κ3) is 6.27. The maximum absolute atomic E-state index is 13.9. The number of amides is 4. The van der Waals surface area contributed by atoms with Crippen LogP contribution in [0.1, 0.15) is 6.42 Å². The zero-order chi connectivity index (χ0) is 22.1. The van der Waals surface area contributed by atoms with Crippen LogP contribution >= 0.6 is 0 Å². The lowest BCUT2D eigenvalue weighted by Gasteiger charge is -2.23. The Bertz CT molecular complexity index is 1030. The lowest BCUT2D eigenvalue weighted by atomic mass is 10.2. The highest BCUT2D eigenvalue weighted by molar-refractivity contribution is 6.01. The molecule has 0 atom stereocenters. The summed E-state index contributed by atoms with van der Waals surface area (Å²) in [5.41, 5.74) is 0.790. The van der Waals surface area contributed by atoms with E-state index < -0.39 is 23.7 Å². The third-order valence-corrected chi connectivity index (χ3v) is 4.39. The molecule has 0 aliphatic carbocycles. The average Bonchev–Trinajstić information content (AvgIpc) is 2.77. The molecular weight excluding hydrogens is 402 g/mol. The lowest BCUT2D eigenvalue weighted by Crippen LogP contribution is -2.38. The van der Waals surface area contributed by atoms with Gasteiger partial charge in [-0.2, -0.15) is 0 Å². The van der Waals surface area contributed by atoms with E-state index in [4.69, 9.17) is 0 Å². The summed E-state index contributed by atoms with van der Waals surface area (Å²) in [6.45, 7) is 0.515. The van der Waals surface area contributed by atoms with E-state index in [0.29, 0.717) is 12.1 Å². The van der Waals surface area contributed by atoms with Crippen LogP contribution in [0, 0.1) is 11.6 Å². The van der Waals surface area contributed by atoms with Crippen LogP contribution in [0.5, 0.6) is 0 Å². The van der Waals surface area contributed by atoms with E-state index in [9.17, 15) is 18.4 Å². The highest BCUT2D eigenvalue weighted by Crippen LogP contribution is 2.18. The highest BCUT2D eigenvalue weighted by Gasteiger charge is 2.17. The second-order valence-corrected chi connectivity index (χ2v) is 6.61. The Morgan fingerprint density at radius 2 is 1.29 bits per heavy atom. The van der Waals surface area contributed by atoms with Crippen molar-refractivity contribution in [2.75, 3.05) is 28.6 Å². The number of carbonyl (C=O) groups is 2. The van der Waals surface area contributed by atoms with Gasteiger partial charge in [-0.1, -0.05) is 42.5 Å². The third-order valence-electron chi connectivity index (χ3n) is 4.39. The predicted molar refractivity (Wildman–Crippen MR) is 117 cm³/mol. The van der Waals surface area contributed by atoms with Crippen LogP contribution in [0.4, 0.5) is 35.4 Å². The molecule has 8 heteroatoms. The molecule has 0 aromatic heterocycles. The van der Waals surface area contributed by atoms with Gasteiger partial charge in [-0.3, -0.25) is 4.90 Å². The minimum atomic E-state index is -0.549. The first-order chi connectivity index (χ1) is 15.0. The number of anilines is 3. The molecule has 0 saturated carbocycles. The van der Waals surface area contributed by atoms with E-state index in [2.05, 4.69) is 16.0 Å². The summed E-state index contributed by atoms with van der Waals surface area (Å²) in [5.74, 6) is -1.06. The van der Waals surface area contributed by atoms with Gasteiger partial charge >= 0.3 is 12.1 Å². The number of para-hydroxylation sites is 3. The van der Waals surface area contributed by atoms with Gasteiger partial charge in [0.25, 0.3) is 0 Å². The number of hydrogen-bond donors (Lipinski definition) is 3. The summed E-state index contributed by atoms with van der Waals surface area (Å²) in [7, 11) is 0. The van der Waals surface area contributed by atoms with Gasteiger partial charge in [-0.05, 0) is 42.8 Å². The average molecular weight is 424 g/mol. The van der Waals surface area contributed by atoms with E-state index in [1.165, 1.54) is 41.3 Å². The number of benzene rings is 3. The predicted octanol–water partition coefficient (Wildman–Crippen LogP) is 5.22. The molecule has 160 valence electrons. The van der Waals surface area contributed by atoms with Crippen LogP contribution in [0.25, 0.3) is 0 Å². The summed E-state index contributed by atoms with van der Waals surface area (Å²) in [6.07, 6.45) is 0.421. The molecule has 4 amide bonds. The topological polar surface area (TPSA) is 73.5 Å². The zero-order valence-corrected chi connectivity index (χ0v) is 16.6. The van der Waals surface area contributed by atoms with Gasteiger partial charge in [0.15, 0.2) is 0 Å². The molecule has 6 nitrogen and oxygen atoms in total. The minimum Gasteiger partial charge on any atom is -0.338 e. The van der Waals surface area contributed by atoms with Crippen LogP contribution in [0.3, 0.4) is 0 Å². The molecule has 0 radical (unpaired) electrons. The van der Waals surface area contributed by atoms with Crippen molar-refractivity contribution in [3.8, 4) is 0 Å².